The number of nitrogens with zero attached hydrogens (tertiary/aromatic N) is 2. The Hall–Kier alpha value is -5.74. The molecule has 4 nitrogen and oxygen atoms in total. The van der Waals surface area contributed by atoms with Crippen LogP contribution in [0.15, 0.2) is 133 Å². The maximum absolute atomic E-state index is 12.6. The van der Waals surface area contributed by atoms with Crippen LogP contribution in [0.2, 0.25) is 0 Å². The van der Waals surface area contributed by atoms with Crippen LogP contribution in [0.5, 0.6) is 0 Å². The van der Waals surface area contributed by atoms with Crippen molar-refractivity contribution in [3.8, 4) is 11.1 Å². The van der Waals surface area contributed by atoms with Crippen molar-refractivity contribution in [1.29, 1.82) is 0 Å². The zero-order valence-corrected chi connectivity index (χ0v) is 37.0. The van der Waals surface area contributed by atoms with Crippen molar-refractivity contribution in [2.45, 2.75) is 123 Å². The second-order valence-corrected chi connectivity index (χ2v) is 17.3. The van der Waals surface area contributed by atoms with E-state index in [-0.39, 0.29) is 5.41 Å². The van der Waals surface area contributed by atoms with Gasteiger partial charge in [0.15, 0.2) is 12.6 Å². The molecule has 1 aliphatic rings. The molecule has 6 aromatic rings. The molecule has 7 rings (SSSR count). The number of fused-ring (bicyclic) bond motifs is 3. The van der Waals surface area contributed by atoms with E-state index >= 15 is 0 Å². The van der Waals surface area contributed by atoms with Crippen LogP contribution >= 0.6 is 0 Å². The summed E-state index contributed by atoms with van der Waals surface area (Å²) in [5, 5.41) is 0. The molecule has 61 heavy (non-hydrogen) atoms. The van der Waals surface area contributed by atoms with Gasteiger partial charge >= 0.3 is 0 Å². The molecule has 0 aromatic heterocycles. The highest BCUT2D eigenvalue weighted by Gasteiger charge is 2.43. The van der Waals surface area contributed by atoms with Gasteiger partial charge in [-0.15, -0.1) is 0 Å². The number of benzene rings is 6. The highest BCUT2D eigenvalue weighted by Crippen LogP contribution is 2.57. The van der Waals surface area contributed by atoms with E-state index in [0.29, 0.717) is 11.1 Å². The lowest BCUT2D eigenvalue weighted by Crippen LogP contribution is -2.26. The largest absolute Gasteiger partial charge is 0.310 e. The number of rotatable bonds is 22. The van der Waals surface area contributed by atoms with E-state index < -0.39 is 0 Å². The molecule has 0 N–H and O–H groups in total. The topological polar surface area (TPSA) is 40.6 Å². The summed E-state index contributed by atoms with van der Waals surface area (Å²) in [6.07, 6.45) is 18.9. The van der Waals surface area contributed by atoms with E-state index in [1.807, 2.05) is 36.4 Å². The lowest BCUT2D eigenvalue weighted by molar-refractivity contribution is 0.111. The van der Waals surface area contributed by atoms with E-state index in [1.54, 1.807) is 0 Å². The van der Waals surface area contributed by atoms with Gasteiger partial charge in [0.25, 0.3) is 0 Å². The molecule has 6 aromatic carbocycles. The van der Waals surface area contributed by atoms with Crippen molar-refractivity contribution in [3.05, 3.63) is 167 Å². The van der Waals surface area contributed by atoms with E-state index in [0.717, 1.165) is 72.4 Å². The fraction of sp³-hybridized carbons (Fsp3) is 0.333. The summed E-state index contributed by atoms with van der Waals surface area (Å²) >= 11 is 0. The standard InChI is InChI=1S/C57H64N2O2/c1-5-7-9-11-13-19-35-57(36-20-14-12-10-8-6-2)53-39-49(58(47-27-21-23-43(3)37-47)55-29-17-15-25-45(55)41-60)31-33-51(53)52-34-32-50(40-54(52)57)59(48-28-22-24-44(4)38-48)56-30-18-16-26-46(56)42-61/h15-18,21-34,37-42H,5-14,19-20,35-36H2,1-4H3. The Bertz CT molecular complexity index is 2240. The summed E-state index contributed by atoms with van der Waals surface area (Å²) in [5.41, 5.74) is 14.7. The normalized spacial score (nSPS) is 12.5. The average Bonchev–Trinajstić information content (AvgIpc) is 3.54. The van der Waals surface area contributed by atoms with Crippen LogP contribution in [0, 0.1) is 13.8 Å². The van der Waals surface area contributed by atoms with E-state index in [1.165, 1.54) is 97.6 Å². The van der Waals surface area contributed by atoms with E-state index in [2.05, 4.69) is 135 Å². The van der Waals surface area contributed by atoms with E-state index in [9.17, 15) is 9.59 Å². The first kappa shape index (κ1) is 43.4. The van der Waals surface area contributed by atoms with Gasteiger partial charge in [0.2, 0.25) is 0 Å². The molecule has 0 amide bonds. The highest BCUT2D eigenvalue weighted by molar-refractivity contribution is 5.94. The molecule has 1 aliphatic carbocycles. The molecule has 0 unspecified atom stereocenters. The second-order valence-electron chi connectivity index (χ2n) is 17.3. The molecule has 0 aliphatic heterocycles. The fourth-order valence-corrected chi connectivity index (χ4v) is 9.80. The Morgan fingerprint density at radius 2 is 0.820 bits per heavy atom. The van der Waals surface area contributed by atoms with Gasteiger partial charge in [0.05, 0.1) is 11.4 Å². The smallest absolute Gasteiger partial charge is 0.152 e. The maximum atomic E-state index is 12.6. The number of anilines is 6. The number of aryl methyl sites for hydroxylation is 2. The van der Waals surface area contributed by atoms with Crippen molar-refractivity contribution >= 4 is 46.7 Å². The fourth-order valence-electron chi connectivity index (χ4n) is 9.80. The third-order valence-electron chi connectivity index (χ3n) is 12.9. The first-order valence-electron chi connectivity index (χ1n) is 23.0. The predicted octanol–water partition coefficient (Wildman–Crippen LogP) is 16.6. The van der Waals surface area contributed by atoms with Crippen LogP contribution < -0.4 is 9.80 Å². The molecule has 0 fully saturated rings. The number of carbonyl (C=O) groups is 2. The van der Waals surface area contributed by atoms with Gasteiger partial charge in [-0.05, 0) is 133 Å². The van der Waals surface area contributed by atoms with Crippen molar-refractivity contribution in [2.24, 2.45) is 0 Å². The summed E-state index contributed by atoms with van der Waals surface area (Å²) in [5.74, 6) is 0. The number of hydrogen-bond donors (Lipinski definition) is 0. The Kier molecular flexibility index (Phi) is 14.7. The van der Waals surface area contributed by atoms with Gasteiger partial charge in [0.1, 0.15) is 0 Å². The van der Waals surface area contributed by atoms with Crippen LogP contribution in [0.3, 0.4) is 0 Å². The molecule has 0 heterocycles. The van der Waals surface area contributed by atoms with E-state index in [4.69, 9.17) is 0 Å². The van der Waals surface area contributed by atoms with Crippen LogP contribution in [-0.4, -0.2) is 12.6 Å². The quantitative estimate of drug-likeness (QED) is 0.0506. The number of para-hydroxylation sites is 2. The number of hydrogen-bond acceptors (Lipinski definition) is 4. The molecular formula is C57H64N2O2. The van der Waals surface area contributed by atoms with Crippen molar-refractivity contribution in [2.75, 3.05) is 9.80 Å². The molecule has 0 radical (unpaired) electrons. The maximum Gasteiger partial charge on any atom is 0.152 e. The Labute approximate surface area is 365 Å². The van der Waals surface area contributed by atoms with Gasteiger partial charge in [0, 0.05) is 39.3 Å². The van der Waals surface area contributed by atoms with Crippen LogP contribution in [0.4, 0.5) is 34.1 Å². The van der Waals surface area contributed by atoms with Crippen molar-refractivity contribution in [1.82, 2.24) is 0 Å². The molecular weight excluding hydrogens is 745 g/mol. The third kappa shape index (κ3) is 9.60. The van der Waals surface area contributed by atoms with Gasteiger partial charge in [-0.25, -0.2) is 0 Å². The summed E-state index contributed by atoms with van der Waals surface area (Å²) in [6.45, 7) is 8.84. The summed E-state index contributed by atoms with van der Waals surface area (Å²) in [7, 11) is 0. The van der Waals surface area contributed by atoms with Crippen molar-refractivity contribution < 1.29 is 9.59 Å². The van der Waals surface area contributed by atoms with Crippen LogP contribution in [-0.2, 0) is 5.41 Å². The predicted molar refractivity (Wildman–Crippen MR) is 258 cm³/mol. The van der Waals surface area contributed by atoms with Gasteiger partial charge in [-0.3, -0.25) is 9.59 Å². The lowest BCUT2D eigenvalue weighted by atomic mass is 9.70. The minimum absolute atomic E-state index is 0.225. The molecule has 0 saturated heterocycles. The number of aldehydes is 2. The van der Waals surface area contributed by atoms with Gasteiger partial charge in [-0.1, -0.05) is 152 Å². The first-order valence-corrected chi connectivity index (χ1v) is 23.0. The number of carbonyl (C=O) groups excluding carboxylic acids is 2. The molecule has 0 saturated carbocycles. The summed E-state index contributed by atoms with van der Waals surface area (Å²) in [6, 6.07) is 47.3. The third-order valence-corrected chi connectivity index (χ3v) is 12.9. The Morgan fingerprint density at radius 3 is 1.23 bits per heavy atom. The molecule has 0 bridgehead atoms. The monoisotopic (exact) mass is 808 g/mol. The minimum Gasteiger partial charge on any atom is -0.310 e. The molecule has 0 atom stereocenters. The van der Waals surface area contributed by atoms with Gasteiger partial charge in [-0.2, -0.15) is 0 Å². The number of unbranched alkanes of at least 4 members (excludes halogenated alkanes) is 10. The SMILES string of the molecule is CCCCCCCCC1(CCCCCCCC)c2cc(N(c3cccc(C)c3)c3ccccc3C=O)ccc2-c2ccc(N(c3cccc(C)c3)c3ccccc3C=O)cc21. The zero-order chi connectivity index (χ0) is 42.6. The molecule has 314 valence electrons. The van der Waals surface area contributed by atoms with Crippen LogP contribution in [0.25, 0.3) is 11.1 Å². The zero-order valence-electron chi connectivity index (χ0n) is 37.0. The van der Waals surface area contributed by atoms with Gasteiger partial charge < -0.3 is 9.80 Å². The Balaban J connectivity index is 1.43. The van der Waals surface area contributed by atoms with Crippen LogP contribution in [0.1, 0.15) is 147 Å². The lowest BCUT2D eigenvalue weighted by Gasteiger charge is -2.35. The highest BCUT2D eigenvalue weighted by atomic mass is 16.1. The summed E-state index contributed by atoms with van der Waals surface area (Å²) < 4.78 is 0. The second kappa shape index (κ2) is 20.7. The molecule has 0 spiro atoms. The minimum atomic E-state index is -0.225. The molecule has 4 heteroatoms. The first-order chi connectivity index (χ1) is 29.9. The van der Waals surface area contributed by atoms with Crippen molar-refractivity contribution in [3.63, 3.8) is 0 Å². The summed E-state index contributed by atoms with van der Waals surface area (Å²) in [4.78, 5) is 29.8. The average molecular weight is 809 g/mol. The Morgan fingerprint density at radius 1 is 0.426 bits per heavy atom.